The smallest absolute Gasteiger partial charge is 0.405 e. The first-order valence-electron chi connectivity index (χ1n) is 5.18. The summed E-state index contributed by atoms with van der Waals surface area (Å²) in [6.07, 6.45) is 2.18. The van der Waals surface area contributed by atoms with Crippen LogP contribution in [0, 0.1) is 0 Å². The molecule has 0 aliphatic rings. The number of nitrogens with one attached hydrogen (secondary N) is 1. The number of carbonyl (C=O) groups is 2. The van der Waals surface area contributed by atoms with Crippen molar-refractivity contribution >= 4 is 22.8 Å². The summed E-state index contributed by atoms with van der Waals surface area (Å²) < 4.78 is 1.41. The van der Waals surface area contributed by atoms with E-state index in [9.17, 15) is 9.59 Å². The molecular formula is C12H12N2O3. The van der Waals surface area contributed by atoms with E-state index < -0.39 is 12.1 Å². The summed E-state index contributed by atoms with van der Waals surface area (Å²) in [7, 11) is 0. The first-order chi connectivity index (χ1) is 8.08. The van der Waals surface area contributed by atoms with Crippen LogP contribution in [0.5, 0.6) is 0 Å². The summed E-state index contributed by atoms with van der Waals surface area (Å²) in [5.41, 5.74) is 0. The average molecular weight is 232 g/mol. The summed E-state index contributed by atoms with van der Waals surface area (Å²) >= 11 is 0. The van der Waals surface area contributed by atoms with Gasteiger partial charge in [0, 0.05) is 12.4 Å². The van der Waals surface area contributed by atoms with Gasteiger partial charge in [-0.25, -0.2) is 4.79 Å². The van der Waals surface area contributed by atoms with E-state index in [2.05, 4.69) is 5.32 Å². The molecule has 1 aromatic heterocycles. The fourth-order valence-corrected chi connectivity index (χ4v) is 1.68. The van der Waals surface area contributed by atoms with Crippen molar-refractivity contribution in [1.82, 2.24) is 9.88 Å². The van der Waals surface area contributed by atoms with Crippen molar-refractivity contribution in [3.63, 3.8) is 0 Å². The molecule has 1 amide bonds. The molecule has 0 spiro atoms. The van der Waals surface area contributed by atoms with Crippen LogP contribution in [0.25, 0.3) is 10.8 Å². The molecule has 0 radical (unpaired) electrons. The average Bonchev–Trinajstić information content (AvgIpc) is 2.70. The summed E-state index contributed by atoms with van der Waals surface area (Å²) in [6, 6.07) is 6.80. The summed E-state index contributed by atoms with van der Waals surface area (Å²) in [5, 5.41) is 12.6. The Morgan fingerprint density at radius 3 is 2.24 bits per heavy atom. The molecule has 5 nitrogen and oxygen atoms in total. The van der Waals surface area contributed by atoms with Crippen molar-refractivity contribution in [3.05, 3.63) is 36.7 Å². The van der Waals surface area contributed by atoms with Crippen LogP contribution in [0.15, 0.2) is 36.7 Å². The first-order valence-corrected chi connectivity index (χ1v) is 5.18. The zero-order valence-electron chi connectivity index (χ0n) is 9.25. The zero-order valence-corrected chi connectivity index (χ0v) is 9.25. The van der Waals surface area contributed by atoms with E-state index in [1.54, 1.807) is 12.4 Å². The van der Waals surface area contributed by atoms with Crippen LogP contribution in [0.4, 0.5) is 4.79 Å². The van der Waals surface area contributed by atoms with Gasteiger partial charge in [0.25, 0.3) is 5.91 Å². The summed E-state index contributed by atoms with van der Waals surface area (Å²) in [4.78, 5) is 22.3. The van der Waals surface area contributed by atoms with E-state index in [0.29, 0.717) is 0 Å². The molecule has 1 aromatic carbocycles. The molecule has 0 saturated heterocycles. The molecule has 88 valence electrons. The molecule has 0 aliphatic heterocycles. The van der Waals surface area contributed by atoms with E-state index in [-0.39, 0.29) is 5.91 Å². The Balaban J connectivity index is 2.27. The Morgan fingerprint density at radius 2 is 1.76 bits per heavy atom. The maximum absolute atomic E-state index is 11.9. The van der Waals surface area contributed by atoms with Crippen molar-refractivity contribution in [2.75, 3.05) is 0 Å². The molecule has 0 fully saturated rings. The maximum atomic E-state index is 11.9. The monoisotopic (exact) mass is 232 g/mol. The van der Waals surface area contributed by atoms with E-state index in [4.69, 9.17) is 5.11 Å². The lowest BCUT2D eigenvalue weighted by atomic mass is 10.2. The highest BCUT2D eigenvalue weighted by Crippen LogP contribution is 2.14. The van der Waals surface area contributed by atoms with E-state index in [1.165, 1.54) is 11.5 Å². The van der Waals surface area contributed by atoms with Crippen molar-refractivity contribution in [1.29, 1.82) is 0 Å². The summed E-state index contributed by atoms with van der Waals surface area (Å²) in [6.45, 7) is 1.52. The minimum Gasteiger partial charge on any atom is -0.465 e. The largest absolute Gasteiger partial charge is 0.465 e. The Bertz CT molecular complexity index is 541. The van der Waals surface area contributed by atoms with Crippen LogP contribution >= 0.6 is 0 Å². The van der Waals surface area contributed by atoms with Gasteiger partial charge in [-0.05, 0) is 17.7 Å². The van der Waals surface area contributed by atoms with Gasteiger partial charge in [-0.15, -0.1) is 0 Å². The predicted molar refractivity (Wildman–Crippen MR) is 63.2 cm³/mol. The molecule has 17 heavy (non-hydrogen) atoms. The van der Waals surface area contributed by atoms with Gasteiger partial charge in [0.1, 0.15) is 6.04 Å². The molecule has 0 bridgehead atoms. The highest BCUT2D eigenvalue weighted by atomic mass is 16.4. The maximum Gasteiger partial charge on any atom is 0.405 e. The molecule has 1 atom stereocenters. The number of hydrogen-bond acceptors (Lipinski definition) is 2. The molecule has 2 rings (SSSR count). The Labute approximate surface area is 97.7 Å². The number of rotatable bonds is 2. The van der Waals surface area contributed by atoms with Crippen LogP contribution < -0.4 is 5.32 Å². The number of benzene rings is 1. The highest BCUT2D eigenvalue weighted by Gasteiger charge is 2.16. The number of carboxylic acid groups (broad SMARTS) is 1. The lowest BCUT2D eigenvalue weighted by molar-refractivity contribution is 0.0864. The van der Waals surface area contributed by atoms with Crippen molar-refractivity contribution in [2.45, 2.75) is 13.0 Å². The van der Waals surface area contributed by atoms with Crippen LogP contribution in [0.2, 0.25) is 0 Å². The first kappa shape index (κ1) is 11.2. The van der Waals surface area contributed by atoms with Crippen molar-refractivity contribution < 1.29 is 14.7 Å². The molecule has 0 aliphatic carbocycles. The molecule has 5 heteroatoms. The minimum absolute atomic E-state index is 0.302. The van der Waals surface area contributed by atoms with Crippen LogP contribution in [-0.2, 0) is 0 Å². The van der Waals surface area contributed by atoms with Crippen molar-refractivity contribution in [2.24, 2.45) is 0 Å². The van der Waals surface area contributed by atoms with E-state index in [1.807, 2.05) is 24.3 Å². The third-order valence-electron chi connectivity index (χ3n) is 2.52. The highest BCUT2D eigenvalue weighted by molar-refractivity contribution is 5.92. The standard InChI is InChI=1S/C12H12N2O3/c1-8(13-12(16)17)11(15)14-6-9-4-2-3-5-10(9)7-14/h2-8,13H,1H3,(H,16,17). The Kier molecular flexibility index (Phi) is 2.82. The minimum atomic E-state index is -1.21. The second-order valence-electron chi connectivity index (χ2n) is 3.80. The SMILES string of the molecule is CC(NC(=O)O)C(=O)n1cc2ccccc2c1. The Hall–Kier alpha value is -2.30. The van der Waals surface area contributed by atoms with Gasteiger partial charge in [0.2, 0.25) is 0 Å². The number of fused-ring (bicyclic) bond motifs is 1. The molecule has 2 N–H and O–H groups in total. The number of nitrogens with zero attached hydrogens (tertiary/aromatic N) is 1. The number of aromatic nitrogens is 1. The van der Waals surface area contributed by atoms with Crippen LogP contribution in [0.1, 0.15) is 11.7 Å². The molecule has 1 unspecified atom stereocenters. The third kappa shape index (κ3) is 2.28. The normalized spacial score (nSPS) is 12.3. The molecule has 0 saturated carbocycles. The van der Waals surface area contributed by atoms with Gasteiger partial charge in [0.15, 0.2) is 0 Å². The van der Waals surface area contributed by atoms with Gasteiger partial charge in [-0.3, -0.25) is 9.36 Å². The lowest BCUT2D eigenvalue weighted by Gasteiger charge is -2.10. The number of carbonyl (C=O) groups excluding carboxylic acids is 1. The second kappa shape index (κ2) is 4.29. The van der Waals surface area contributed by atoms with Gasteiger partial charge in [0.05, 0.1) is 0 Å². The van der Waals surface area contributed by atoms with Crippen LogP contribution in [-0.4, -0.2) is 27.7 Å². The van der Waals surface area contributed by atoms with E-state index >= 15 is 0 Å². The van der Waals surface area contributed by atoms with E-state index in [0.717, 1.165) is 10.8 Å². The molecule has 2 aromatic rings. The topological polar surface area (TPSA) is 71.3 Å². The van der Waals surface area contributed by atoms with Gasteiger partial charge < -0.3 is 10.4 Å². The number of amides is 1. The lowest BCUT2D eigenvalue weighted by Crippen LogP contribution is -2.39. The van der Waals surface area contributed by atoms with Gasteiger partial charge in [-0.1, -0.05) is 24.3 Å². The van der Waals surface area contributed by atoms with Gasteiger partial charge in [-0.2, -0.15) is 0 Å². The predicted octanol–water partition coefficient (Wildman–Crippen LogP) is 1.94. The van der Waals surface area contributed by atoms with Crippen molar-refractivity contribution in [3.8, 4) is 0 Å². The fourth-order valence-electron chi connectivity index (χ4n) is 1.68. The van der Waals surface area contributed by atoms with Crippen LogP contribution in [0.3, 0.4) is 0 Å². The van der Waals surface area contributed by atoms with Gasteiger partial charge >= 0.3 is 6.09 Å². The molecule has 1 heterocycles. The molecular weight excluding hydrogens is 220 g/mol. The zero-order chi connectivity index (χ0) is 12.4. The quantitative estimate of drug-likeness (QED) is 0.831. The second-order valence-corrected chi connectivity index (χ2v) is 3.80. The Morgan fingerprint density at radius 1 is 1.24 bits per heavy atom. The fraction of sp³-hybridized carbons (Fsp3) is 0.167. The third-order valence-corrected chi connectivity index (χ3v) is 2.52. The summed E-state index contributed by atoms with van der Waals surface area (Å²) in [5.74, 6) is -0.302. The number of hydrogen-bond donors (Lipinski definition) is 2.